The fourth-order valence-electron chi connectivity index (χ4n) is 2.81. The van der Waals surface area contributed by atoms with Crippen LogP contribution in [0.1, 0.15) is 31.4 Å². The Morgan fingerprint density at radius 3 is 2.53 bits per heavy atom. The van der Waals surface area contributed by atoms with Gasteiger partial charge in [0.2, 0.25) is 11.8 Å². The van der Waals surface area contributed by atoms with Gasteiger partial charge >= 0.3 is 0 Å². The minimum Gasteiger partial charge on any atom is -0.295 e. The number of hydrogen-bond acceptors (Lipinski definition) is 2. The van der Waals surface area contributed by atoms with Crippen LogP contribution in [0, 0.1) is 12.8 Å². The number of carbonyl (C=O) groups is 2. The molecule has 2 rings (SSSR count). The quantitative estimate of drug-likeness (QED) is 0.791. The van der Waals surface area contributed by atoms with E-state index >= 15 is 0 Å². The lowest BCUT2D eigenvalue weighted by atomic mass is 9.71. The Balaban J connectivity index is 2.58. The minimum absolute atomic E-state index is 0.150. The van der Waals surface area contributed by atoms with Crippen molar-refractivity contribution >= 4 is 11.8 Å². The van der Waals surface area contributed by atoms with Gasteiger partial charge in [-0.3, -0.25) is 14.9 Å². The summed E-state index contributed by atoms with van der Waals surface area (Å²) in [5.41, 5.74) is 1.28. The lowest BCUT2D eigenvalue weighted by Gasteiger charge is -2.28. The highest BCUT2D eigenvalue weighted by molar-refractivity contribution is 6.10. The number of hydrogen-bond donors (Lipinski definition) is 1. The average Bonchev–Trinajstić information content (AvgIpc) is 2.50. The molecule has 1 heterocycles. The zero-order valence-corrected chi connectivity index (χ0v) is 10.4. The molecule has 0 aliphatic carbocycles. The molecule has 3 nitrogen and oxygen atoms in total. The summed E-state index contributed by atoms with van der Waals surface area (Å²) in [6.07, 6.45) is 0.669. The molecule has 1 aliphatic heterocycles. The van der Waals surface area contributed by atoms with E-state index in [-0.39, 0.29) is 17.7 Å². The molecular weight excluding hydrogens is 214 g/mol. The van der Waals surface area contributed by atoms with Crippen LogP contribution in [0.25, 0.3) is 0 Å². The minimum atomic E-state index is -0.725. The van der Waals surface area contributed by atoms with E-state index in [2.05, 4.69) is 5.32 Å². The Labute approximate surface area is 101 Å². The first-order valence-electron chi connectivity index (χ1n) is 5.93. The van der Waals surface area contributed by atoms with Gasteiger partial charge in [0.05, 0.1) is 11.3 Å². The molecule has 0 radical (unpaired) electrons. The van der Waals surface area contributed by atoms with Crippen LogP contribution in [-0.4, -0.2) is 11.8 Å². The topological polar surface area (TPSA) is 46.2 Å². The molecule has 0 bridgehead atoms. The van der Waals surface area contributed by atoms with Gasteiger partial charge in [0.15, 0.2) is 0 Å². The third-order valence-electron chi connectivity index (χ3n) is 3.83. The van der Waals surface area contributed by atoms with Gasteiger partial charge in [0.25, 0.3) is 0 Å². The molecule has 1 fully saturated rings. The maximum atomic E-state index is 12.1. The summed E-state index contributed by atoms with van der Waals surface area (Å²) in [6.45, 7) is 5.78. The number of nitrogens with one attached hydrogen (secondary N) is 1. The lowest BCUT2D eigenvalue weighted by Crippen LogP contribution is -2.37. The summed E-state index contributed by atoms with van der Waals surface area (Å²) >= 11 is 0. The zero-order chi connectivity index (χ0) is 12.6. The Kier molecular flexibility index (Phi) is 2.77. The van der Waals surface area contributed by atoms with Gasteiger partial charge in [-0.05, 0) is 31.4 Å². The molecule has 0 saturated carbocycles. The molecule has 0 unspecified atom stereocenters. The third-order valence-corrected chi connectivity index (χ3v) is 3.83. The van der Waals surface area contributed by atoms with Crippen molar-refractivity contribution in [3.63, 3.8) is 0 Å². The molecule has 2 amide bonds. The van der Waals surface area contributed by atoms with E-state index in [0.717, 1.165) is 11.1 Å². The Morgan fingerprint density at radius 2 is 1.94 bits per heavy atom. The molecule has 1 aromatic carbocycles. The lowest BCUT2D eigenvalue weighted by molar-refractivity contribution is -0.126. The molecule has 1 saturated heterocycles. The normalized spacial score (nSPS) is 28.3. The predicted octanol–water partition coefficient (Wildman–Crippen LogP) is 1.94. The van der Waals surface area contributed by atoms with Crippen LogP contribution in [0.4, 0.5) is 0 Å². The van der Waals surface area contributed by atoms with Crippen LogP contribution >= 0.6 is 0 Å². The predicted molar refractivity (Wildman–Crippen MR) is 65.5 cm³/mol. The number of amides is 2. The summed E-state index contributed by atoms with van der Waals surface area (Å²) in [4.78, 5) is 23.9. The van der Waals surface area contributed by atoms with Crippen LogP contribution in [-0.2, 0) is 15.0 Å². The third kappa shape index (κ3) is 1.57. The van der Waals surface area contributed by atoms with Crippen molar-refractivity contribution in [2.45, 2.75) is 32.6 Å². The standard InChI is InChI=1S/C14H17NO2/c1-4-10-12(16)15-13(17)14(10,3)11-8-6-5-7-9(11)2/h5-8,10H,4H2,1-3H3,(H,15,16,17)/t10-,14-/m1/s1. The van der Waals surface area contributed by atoms with Crippen molar-refractivity contribution in [2.24, 2.45) is 5.92 Å². The summed E-state index contributed by atoms with van der Waals surface area (Å²) < 4.78 is 0. The number of aryl methyl sites for hydroxylation is 1. The fraction of sp³-hybridized carbons (Fsp3) is 0.429. The van der Waals surface area contributed by atoms with E-state index in [1.54, 1.807) is 0 Å². The second-order valence-electron chi connectivity index (χ2n) is 4.80. The smallest absolute Gasteiger partial charge is 0.237 e. The van der Waals surface area contributed by atoms with Crippen molar-refractivity contribution < 1.29 is 9.59 Å². The first kappa shape index (κ1) is 11.8. The van der Waals surface area contributed by atoms with E-state index in [9.17, 15) is 9.59 Å². The zero-order valence-electron chi connectivity index (χ0n) is 10.4. The molecule has 2 atom stereocenters. The molecule has 0 aromatic heterocycles. The maximum absolute atomic E-state index is 12.1. The number of rotatable bonds is 2. The van der Waals surface area contributed by atoms with Gasteiger partial charge in [0, 0.05) is 0 Å². The largest absolute Gasteiger partial charge is 0.295 e. The van der Waals surface area contributed by atoms with Crippen LogP contribution in [0.2, 0.25) is 0 Å². The van der Waals surface area contributed by atoms with Gasteiger partial charge < -0.3 is 0 Å². The molecule has 90 valence electrons. The second-order valence-corrected chi connectivity index (χ2v) is 4.80. The van der Waals surface area contributed by atoms with E-state index in [1.807, 2.05) is 45.0 Å². The van der Waals surface area contributed by atoms with Crippen LogP contribution in [0.15, 0.2) is 24.3 Å². The number of carbonyl (C=O) groups excluding carboxylic acids is 2. The highest BCUT2D eigenvalue weighted by Gasteiger charge is 2.52. The van der Waals surface area contributed by atoms with Crippen LogP contribution in [0.3, 0.4) is 0 Å². The number of benzene rings is 1. The summed E-state index contributed by atoms with van der Waals surface area (Å²) in [7, 11) is 0. The van der Waals surface area contributed by atoms with Gasteiger partial charge in [-0.25, -0.2) is 0 Å². The highest BCUT2D eigenvalue weighted by Crippen LogP contribution is 2.39. The molecule has 1 aromatic rings. The Bertz CT molecular complexity index is 481. The van der Waals surface area contributed by atoms with Gasteiger partial charge in [-0.15, -0.1) is 0 Å². The Morgan fingerprint density at radius 1 is 1.29 bits per heavy atom. The van der Waals surface area contributed by atoms with Gasteiger partial charge in [-0.1, -0.05) is 31.2 Å². The highest BCUT2D eigenvalue weighted by atomic mass is 16.2. The maximum Gasteiger partial charge on any atom is 0.237 e. The Hall–Kier alpha value is -1.64. The molecule has 1 N–H and O–H groups in total. The van der Waals surface area contributed by atoms with E-state index in [1.165, 1.54) is 0 Å². The van der Waals surface area contributed by atoms with Crippen molar-refractivity contribution in [3.05, 3.63) is 35.4 Å². The van der Waals surface area contributed by atoms with Crippen molar-refractivity contribution in [3.8, 4) is 0 Å². The first-order chi connectivity index (χ1) is 8.01. The summed E-state index contributed by atoms with van der Waals surface area (Å²) in [6, 6.07) is 7.77. The monoisotopic (exact) mass is 231 g/mol. The van der Waals surface area contributed by atoms with Crippen molar-refractivity contribution in [2.75, 3.05) is 0 Å². The van der Waals surface area contributed by atoms with Gasteiger partial charge in [-0.2, -0.15) is 0 Å². The van der Waals surface area contributed by atoms with E-state index < -0.39 is 5.41 Å². The summed E-state index contributed by atoms with van der Waals surface area (Å²) in [5.74, 6) is -0.594. The SMILES string of the molecule is CC[C@@H]1C(=O)NC(=O)[C@@]1(C)c1ccccc1C. The number of imide groups is 1. The molecule has 3 heteroatoms. The molecule has 0 spiro atoms. The van der Waals surface area contributed by atoms with Gasteiger partial charge in [0.1, 0.15) is 0 Å². The average molecular weight is 231 g/mol. The second kappa shape index (κ2) is 3.99. The van der Waals surface area contributed by atoms with Crippen LogP contribution < -0.4 is 5.32 Å². The van der Waals surface area contributed by atoms with Crippen molar-refractivity contribution in [1.82, 2.24) is 5.32 Å². The van der Waals surface area contributed by atoms with Crippen LogP contribution in [0.5, 0.6) is 0 Å². The van der Waals surface area contributed by atoms with E-state index in [4.69, 9.17) is 0 Å². The van der Waals surface area contributed by atoms with E-state index in [0.29, 0.717) is 6.42 Å². The first-order valence-corrected chi connectivity index (χ1v) is 5.93. The van der Waals surface area contributed by atoms with Crippen molar-refractivity contribution in [1.29, 1.82) is 0 Å². The fourth-order valence-corrected chi connectivity index (χ4v) is 2.81. The summed E-state index contributed by atoms with van der Waals surface area (Å²) in [5, 5.41) is 2.46. The molecular formula is C14H17NO2. The molecule has 1 aliphatic rings. The molecule has 17 heavy (non-hydrogen) atoms.